The summed E-state index contributed by atoms with van der Waals surface area (Å²) in [6.07, 6.45) is 0. The molecule has 2 N–H and O–H groups in total. The van der Waals surface area contributed by atoms with E-state index >= 15 is 0 Å². The van der Waals surface area contributed by atoms with E-state index in [0.717, 1.165) is 33.4 Å². The van der Waals surface area contributed by atoms with Crippen LogP contribution in [-0.4, -0.2) is 26.2 Å². The molecule has 5 heteroatoms. The Labute approximate surface area is 152 Å². The first-order valence-electron chi connectivity index (χ1n) is 8.44. The first kappa shape index (κ1) is 16.1. The van der Waals surface area contributed by atoms with Crippen LogP contribution in [0.5, 0.6) is 5.75 Å². The maximum absolute atomic E-state index is 6.19. The van der Waals surface area contributed by atoms with Crippen molar-refractivity contribution >= 4 is 33.4 Å². The van der Waals surface area contributed by atoms with E-state index in [1.54, 1.807) is 7.11 Å². The first-order chi connectivity index (χ1) is 12.6. The Morgan fingerprint density at radius 2 is 1.65 bits per heavy atom. The Kier molecular flexibility index (Phi) is 3.84. The van der Waals surface area contributed by atoms with Gasteiger partial charge in [-0.3, -0.25) is 0 Å². The third-order valence-electron chi connectivity index (χ3n) is 4.54. The molecule has 0 radical (unpaired) electrons. The summed E-state index contributed by atoms with van der Waals surface area (Å²) in [6, 6.07) is 20.3. The lowest BCUT2D eigenvalue weighted by Gasteiger charge is -2.13. The molecule has 0 saturated carbocycles. The van der Waals surface area contributed by atoms with Gasteiger partial charge in [0.15, 0.2) is 0 Å². The number of para-hydroxylation sites is 1. The average molecular weight is 345 g/mol. The van der Waals surface area contributed by atoms with Crippen molar-refractivity contribution in [3.05, 3.63) is 60.7 Å². The molecule has 0 amide bonds. The molecule has 0 atom stereocenters. The smallest absolute Gasteiger partial charge is 0.239 e. The quantitative estimate of drug-likeness (QED) is 0.352. The largest absolute Gasteiger partial charge is 0.495 e. The van der Waals surface area contributed by atoms with Crippen molar-refractivity contribution in [1.29, 1.82) is 0 Å². The predicted molar refractivity (Wildman–Crippen MR) is 106 cm³/mol. The van der Waals surface area contributed by atoms with E-state index in [1.165, 1.54) is 0 Å². The minimum atomic E-state index is 0.592. The van der Waals surface area contributed by atoms with Crippen LogP contribution in [-0.2, 0) is 0 Å². The number of benzene rings is 3. The number of nitrogens with two attached hydrogens (primary N) is 1. The monoisotopic (exact) mass is 345 g/mol. The van der Waals surface area contributed by atoms with Crippen molar-refractivity contribution in [3.8, 4) is 11.4 Å². The number of ether oxygens (including phenoxy) is 1. The Morgan fingerprint density at radius 1 is 0.923 bits per heavy atom. The van der Waals surface area contributed by atoms with Crippen LogP contribution in [0.4, 0.5) is 11.4 Å². The summed E-state index contributed by atoms with van der Waals surface area (Å²) in [5, 5.41) is 0. The highest BCUT2D eigenvalue weighted by Gasteiger charge is 2.21. The lowest BCUT2D eigenvalue weighted by Crippen LogP contribution is -2.33. The number of rotatable bonds is 3. The highest BCUT2D eigenvalue weighted by molar-refractivity contribution is 5.87. The van der Waals surface area contributed by atoms with Crippen LogP contribution in [0.25, 0.3) is 27.8 Å². The van der Waals surface area contributed by atoms with Crippen LogP contribution < -0.4 is 19.9 Å². The molecule has 1 aromatic heterocycles. The molecule has 130 valence electrons. The van der Waals surface area contributed by atoms with Crippen molar-refractivity contribution in [3.63, 3.8) is 0 Å². The SMILES string of the molecule is COc1cc2nc3ccc(N(C)C)cc3[n+](-c3ccccc3)c2cc1N. The molecular formula is C21H21N4O+. The molecular weight excluding hydrogens is 324 g/mol. The van der Waals surface area contributed by atoms with Crippen LogP contribution in [0, 0.1) is 0 Å². The molecule has 0 bridgehead atoms. The average Bonchev–Trinajstić information content (AvgIpc) is 2.66. The first-order valence-corrected chi connectivity index (χ1v) is 8.44. The van der Waals surface area contributed by atoms with Crippen LogP contribution in [0.15, 0.2) is 60.7 Å². The molecule has 0 spiro atoms. The lowest BCUT2D eigenvalue weighted by molar-refractivity contribution is -0.538. The van der Waals surface area contributed by atoms with E-state index in [0.29, 0.717) is 11.4 Å². The zero-order valence-corrected chi connectivity index (χ0v) is 15.1. The molecule has 26 heavy (non-hydrogen) atoms. The van der Waals surface area contributed by atoms with Gasteiger partial charge in [0, 0.05) is 50.1 Å². The summed E-state index contributed by atoms with van der Waals surface area (Å²) in [4.78, 5) is 6.92. The molecule has 3 aromatic carbocycles. The van der Waals surface area contributed by atoms with Gasteiger partial charge in [0.2, 0.25) is 16.7 Å². The van der Waals surface area contributed by atoms with Crippen molar-refractivity contribution in [1.82, 2.24) is 4.98 Å². The molecule has 0 fully saturated rings. The van der Waals surface area contributed by atoms with Gasteiger partial charge in [0.05, 0.1) is 12.8 Å². The zero-order chi connectivity index (χ0) is 18.3. The number of anilines is 2. The summed E-state index contributed by atoms with van der Waals surface area (Å²) in [7, 11) is 5.68. The second-order valence-electron chi connectivity index (χ2n) is 6.43. The molecule has 5 nitrogen and oxygen atoms in total. The van der Waals surface area contributed by atoms with Gasteiger partial charge in [0.1, 0.15) is 16.8 Å². The fourth-order valence-corrected chi connectivity index (χ4v) is 3.20. The van der Waals surface area contributed by atoms with Crippen LogP contribution >= 0.6 is 0 Å². The summed E-state index contributed by atoms with van der Waals surface area (Å²) in [6.45, 7) is 0. The topological polar surface area (TPSA) is 55.3 Å². The highest BCUT2D eigenvalue weighted by Crippen LogP contribution is 2.28. The minimum Gasteiger partial charge on any atom is -0.495 e. The Hall–Kier alpha value is -3.34. The van der Waals surface area contributed by atoms with Gasteiger partial charge in [-0.2, -0.15) is 0 Å². The third-order valence-corrected chi connectivity index (χ3v) is 4.54. The van der Waals surface area contributed by atoms with Gasteiger partial charge in [-0.1, -0.05) is 18.2 Å². The van der Waals surface area contributed by atoms with Crippen LogP contribution in [0.2, 0.25) is 0 Å². The van der Waals surface area contributed by atoms with Gasteiger partial charge in [0.25, 0.3) is 0 Å². The predicted octanol–water partition coefficient (Wildman–Crippen LogP) is 3.32. The van der Waals surface area contributed by atoms with Crippen LogP contribution in [0.1, 0.15) is 0 Å². The van der Waals surface area contributed by atoms with E-state index in [4.69, 9.17) is 15.5 Å². The van der Waals surface area contributed by atoms with Gasteiger partial charge in [-0.05, 0) is 12.1 Å². The van der Waals surface area contributed by atoms with Crippen molar-refractivity contribution in [2.75, 3.05) is 31.8 Å². The summed E-state index contributed by atoms with van der Waals surface area (Å²) >= 11 is 0. The second-order valence-corrected chi connectivity index (χ2v) is 6.43. The third kappa shape index (κ3) is 2.58. The van der Waals surface area contributed by atoms with Gasteiger partial charge >= 0.3 is 0 Å². The maximum Gasteiger partial charge on any atom is 0.239 e. The van der Waals surface area contributed by atoms with Gasteiger partial charge in [-0.25, -0.2) is 4.98 Å². The highest BCUT2D eigenvalue weighted by atomic mass is 16.5. The molecule has 0 saturated heterocycles. The number of nitrogen functional groups attached to an aromatic ring is 1. The minimum absolute atomic E-state index is 0.592. The van der Waals surface area contributed by atoms with E-state index < -0.39 is 0 Å². The van der Waals surface area contributed by atoms with E-state index in [-0.39, 0.29) is 0 Å². The molecule has 0 aliphatic heterocycles. The summed E-state index contributed by atoms with van der Waals surface area (Å²) < 4.78 is 7.58. The van der Waals surface area contributed by atoms with Crippen molar-refractivity contribution in [2.45, 2.75) is 0 Å². The summed E-state index contributed by atoms with van der Waals surface area (Å²) in [5.74, 6) is 0.633. The number of nitrogens with zero attached hydrogens (tertiary/aromatic N) is 3. The molecule has 0 unspecified atom stereocenters. The maximum atomic E-state index is 6.19. The fourth-order valence-electron chi connectivity index (χ4n) is 3.20. The molecule has 4 aromatic rings. The summed E-state index contributed by atoms with van der Waals surface area (Å²) in [5.41, 5.74) is 12.7. The van der Waals surface area contributed by atoms with E-state index in [2.05, 4.69) is 33.7 Å². The van der Waals surface area contributed by atoms with Gasteiger partial charge in [-0.15, -0.1) is 4.57 Å². The zero-order valence-electron chi connectivity index (χ0n) is 15.1. The Morgan fingerprint density at radius 3 is 2.35 bits per heavy atom. The Balaban J connectivity index is 2.17. The lowest BCUT2D eigenvalue weighted by atomic mass is 10.1. The standard InChI is InChI=1S/C21H20N4O/c1-24(2)15-9-10-17-19(11-15)25(14-7-5-4-6-8-14)20-12-16(22)21(26-3)13-18(20)23-17/h4-13,22H,1-3H3/p+1. The number of hydrogen-bond donors (Lipinski definition) is 1. The molecule has 4 rings (SSSR count). The molecule has 0 aliphatic carbocycles. The number of hydrogen-bond acceptors (Lipinski definition) is 4. The molecule has 0 aliphatic rings. The van der Waals surface area contributed by atoms with Gasteiger partial charge < -0.3 is 15.4 Å². The Bertz CT molecular complexity index is 1110. The number of aromatic nitrogens is 2. The normalized spacial score (nSPS) is 11.0. The number of fused-ring (bicyclic) bond motifs is 2. The second kappa shape index (κ2) is 6.19. The van der Waals surface area contributed by atoms with Crippen molar-refractivity contribution < 1.29 is 9.30 Å². The fraction of sp³-hybridized carbons (Fsp3) is 0.143. The van der Waals surface area contributed by atoms with Crippen LogP contribution in [0.3, 0.4) is 0 Å². The van der Waals surface area contributed by atoms with E-state index in [9.17, 15) is 0 Å². The number of methoxy groups -OCH3 is 1. The van der Waals surface area contributed by atoms with Crippen molar-refractivity contribution in [2.24, 2.45) is 0 Å². The molecule has 1 heterocycles. The van der Waals surface area contributed by atoms with E-state index in [1.807, 2.05) is 50.5 Å².